The lowest BCUT2D eigenvalue weighted by Crippen LogP contribution is -2.42. The predicted molar refractivity (Wildman–Crippen MR) is 58.0 cm³/mol. The molecule has 0 amide bonds. The van der Waals surface area contributed by atoms with Crippen molar-refractivity contribution in [1.29, 1.82) is 0 Å². The number of rotatable bonds is 3. The Hall–Kier alpha value is -0.340. The van der Waals surface area contributed by atoms with Crippen molar-refractivity contribution in [2.24, 2.45) is 0 Å². The normalized spacial score (nSPS) is 20.9. The van der Waals surface area contributed by atoms with Gasteiger partial charge in [-0.3, -0.25) is 4.90 Å². The van der Waals surface area contributed by atoms with E-state index in [0.717, 1.165) is 12.6 Å². The molecule has 0 spiro atoms. The van der Waals surface area contributed by atoms with Gasteiger partial charge >= 0.3 is 0 Å². The fourth-order valence-electron chi connectivity index (χ4n) is 1.98. The van der Waals surface area contributed by atoms with Crippen molar-refractivity contribution in [1.82, 2.24) is 9.80 Å². The van der Waals surface area contributed by atoms with E-state index in [-0.39, 0.29) is 0 Å². The lowest BCUT2D eigenvalue weighted by atomic mass is 10.0. The zero-order valence-electron chi connectivity index (χ0n) is 9.21. The van der Waals surface area contributed by atoms with Gasteiger partial charge in [0, 0.05) is 12.6 Å². The number of nitrogens with zero attached hydrogens (tertiary/aromatic N) is 2. The maximum Gasteiger partial charge on any atom is 0.0187 e. The third-order valence-corrected chi connectivity index (χ3v) is 2.78. The lowest BCUT2D eigenvalue weighted by Gasteiger charge is -2.35. The molecule has 76 valence electrons. The summed E-state index contributed by atoms with van der Waals surface area (Å²) in [5.74, 6) is 0. The molecule has 2 heteroatoms. The molecule has 0 saturated carbocycles. The van der Waals surface area contributed by atoms with Gasteiger partial charge in [0.2, 0.25) is 0 Å². The molecule has 1 aliphatic heterocycles. The van der Waals surface area contributed by atoms with E-state index < -0.39 is 0 Å². The van der Waals surface area contributed by atoms with Gasteiger partial charge in [0.1, 0.15) is 0 Å². The Morgan fingerprint density at radius 2 is 1.92 bits per heavy atom. The van der Waals surface area contributed by atoms with Gasteiger partial charge in [-0.05, 0) is 47.0 Å². The molecule has 0 aromatic carbocycles. The highest BCUT2D eigenvalue weighted by Gasteiger charge is 2.19. The van der Waals surface area contributed by atoms with Crippen molar-refractivity contribution < 1.29 is 0 Å². The second kappa shape index (κ2) is 4.77. The van der Waals surface area contributed by atoms with E-state index in [4.69, 9.17) is 0 Å². The van der Waals surface area contributed by atoms with E-state index in [9.17, 15) is 0 Å². The highest BCUT2D eigenvalue weighted by molar-refractivity contribution is 4.93. The molecule has 0 N–H and O–H groups in total. The smallest absolute Gasteiger partial charge is 0.0187 e. The van der Waals surface area contributed by atoms with Crippen LogP contribution in [0, 0.1) is 0 Å². The molecule has 2 nitrogen and oxygen atoms in total. The molecule has 1 heterocycles. The highest BCUT2D eigenvalue weighted by Crippen LogP contribution is 2.14. The Morgan fingerprint density at radius 3 is 2.31 bits per heavy atom. The summed E-state index contributed by atoms with van der Waals surface area (Å²) in [6.07, 6.45) is 2.61. The molecule has 0 aromatic rings. The molecule has 0 radical (unpaired) electrons. The second-order valence-corrected chi connectivity index (χ2v) is 4.43. The van der Waals surface area contributed by atoms with Crippen molar-refractivity contribution in [2.45, 2.75) is 25.8 Å². The van der Waals surface area contributed by atoms with Crippen LogP contribution in [0.1, 0.15) is 19.8 Å². The number of likely N-dealkylation sites (tertiary alicyclic amines) is 1. The second-order valence-electron chi connectivity index (χ2n) is 4.43. The predicted octanol–water partition coefficient (Wildman–Crippen LogP) is 1.59. The fraction of sp³-hybridized carbons (Fsp3) is 0.818. The quantitative estimate of drug-likeness (QED) is 0.612. The van der Waals surface area contributed by atoms with Crippen LogP contribution < -0.4 is 0 Å². The SMILES string of the molecule is C=C(C)CN1CCC(N(C)C)CC1. The summed E-state index contributed by atoms with van der Waals surface area (Å²) in [5, 5.41) is 0. The van der Waals surface area contributed by atoms with Crippen molar-refractivity contribution >= 4 is 0 Å². The van der Waals surface area contributed by atoms with Crippen LogP contribution in [0.3, 0.4) is 0 Å². The Balaban J connectivity index is 2.26. The third kappa shape index (κ3) is 3.49. The molecular weight excluding hydrogens is 160 g/mol. The standard InChI is InChI=1S/C11H22N2/c1-10(2)9-13-7-5-11(6-8-13)12(3)4/h11H,1,5-9H2,2-4H3. The zero-order chi connectivity index (χ0) is 9.84. The molecule has 0 aromatic heterocycles. The minimum atomic E-state index is 0.793. The van der Waals surface area contributed by atoms with Crippen molar-refractivity contribution in [3.05, 3.63) is 12.2 Å². The van der Waals surface area contributed by atoms with Crippen LogP contribution in [-0.2, 0) is 0 Å². The average molecular weight is 182 g/mol. The number of piperidine rings is 1. The molecule has 1 fully saturated rings. The van der Waals surface area contributed by atoms with Gasteiger partial charge in [-0.25, -0.2) is 0 Å². The van der Waals surface area contributed by atoms with Gasteiger partial charge in [0.15, 0.2) is 0 Å². The molecule has 0 bridgehead atoms. The van der Waals surface area contributed by atoms with Crippen LogP contribution in [0.25, 0.3) is 0 Å². The zero-order valence-corrected chi connectivity index (χ0v) is 9.21. The van der Waals surface area contributed by atoms with Crippen LogP contribution in [0.15, 0.2) is 12.2 Å². The van der Waals surface area contributed by atoms with Crippen LogP contribution in [-0.4, -0.2) is 49.6 Å². The van der Waals surface area contributed by atoms with E-state index in [1.54, 1.807) is 0 Å². The topological polar surface area (TPSA) is 6.48 Å². The monoisotopic (exact) mass is 182 g/mol. The summed E-state index contributed by atoms with van der Waals surface area (Å²) in [5.41, 5.74) is 1.28. The fourth-order valence-corrected chi connectivity index (χ4v) is 1.98. The van der Waals surface area contributed by atoms with Gasteiger partial charge in [-0.1, -0.05) is 12.2 Å². The van der Waals surface area contributed by atoms with Crippen LogP contribution >= 0.6 is 0 Å². The van der Waals surface area contributed by atoms with Gasteiger partial charge in [-0.15, -0.1) is 0 Å². The molecular formula is C11H22N2. The number of hydrogen-bond acceptors (Lipinski definition) is 2. The van der Waals surface area contributed by atoms with E-state index in [1.807, 2.05) is 0 Å². The molecule has 13 heavy (non-hydrogen) atoms. The first-order valence-corrected chi connectivity index (χ1v) is 5.12. The average Bonchev–Trinajstić information content (AvgIpc) is 2.04. The van der Waals surface area contributed by atoms with Crippen molar-refractivity contribution in [2.75, 3.05) is 33.7 Å². The first-order valence-electron chi connectivity index (χ1n) is 5.12. The van der Waals surface area contributed by atoms with Crippen molar-refractivity contribution in [3.8, 4) is 0 Å². The third-order valence-electron chi connectivity index (χ3n) is 2.78. The Labute approximate surface area is 82.2 Å². The molecule has 0 unspecified atom stereocenters. The Morgan fingerprint density at radius 1 is 1.38 bits per heavy atom. The first-order chi connectivity index (χ1) is 6.09. The maximum absolute atomic E-state index is 3.95. The largest absolute Gasteiger partial charge is 0.306 e. The molecule has 1 saturated heterocycles. The summed E-state index contributed by atoms with van der Waals surface area (Å²) < 4.78 is 0. The van der Waals surface area contributed by atoms with Crippen LogP contribution in [0.4, 0.5) is 0 Å². The van der Waals surface area contributed by atoms with Crippen LogP contribution in [0.5, 0.6) is 0 Å². The Kier molecular flexibility index (Phi) is 3.94. The molecule has 0 aliphatic carbocycles. The van der Waals surface area contributed by atoms with Gasteiger partial charge in [0.25, 0.3) is 0 Å². The summed E-state index contributed by atoms with van der Waals surface area (Å²) in [4.78, 5) is 4.85. The maximum atomic E-state index is 3.95. The number of hydrogen-bond donors (Lipinski definition) is 0. The summed E-state index contributed by atoms with van der Waals surface area (Å²) in [6, 6.07) is 0.793. The molecule has 0 atom stereocenters. The van der Waals surface area contributed by atoms with Gasteiger partial charge in [-0.2, -0.15) is 0 Å². The highest BCUT2D eigenvalue weighted by atomic mass is 15.2. The van der Waals surface area contributed by atoms with E-state index in [0.29, 0.717) is 0 Å². The summed E-state index contributed by atoms with van der Waals surface area (Å²) >= 11 is 0. The minimum Gasteiger partial charge on any atom is -0.306 e. The van der Waals surface area contributed by atoms with Gasteiger partial charge in [0.05, 0.1) is 0 Å². The lowest BCUT2D eigenvalue weighted by molar-refractivity contribution is 0.153. The molecule has 1 aliphatic rings. The van der Waals surface area contributed by atoms with E-state index in [1.165, 1.54) is 31.5 Å². The van der Waals surface area contributed by atoms with E-state index in [2.05, 4.69) is 37.4 Å². The first kappa shape index (κ1) is 10.7. The van der Waals surface area contributed by atoms with Crippen molar-refractivity contribution in [3.63, 3.8) is 0 Å². The summed E-state index contributed by atoms with van der Waals surface area (Å²) in [6.45, 7) is 9.61. The van der Waals surface area contributed by atoms with E-state index >= 15 is 0 Å². The summed E-state index contributed by atoms with van der Waals surface area (Å²) in [7, 11) is 4.36. The van der Waals surface area contributed by atoms with Gasteiger partial charge < -0.3 is 4.90 Å². The minimum absolute atomic E-state index is 0.793. The molecule has 1 rings (SSSR count). The Bertz CT molecular complexity index is 167. The van der Waals surface area contributed by atoms with Crippen LogP contribution in [0.2, 0.25) is 0 Å².